The molecule has 24 heavy (non-hydrogen) atoms. The predicted molar refractivity (Wildman–Crippen MR) is 90.3 cm³/mol. The molecule has 1 fully saturated rings. The van der Waals surface area contributed by atoms with E-state index < -0.39 is 5.60 Å². The molecule has 2 heterocycles. The molecule has 1 saturated heterocycles. The molecule has 0 unspecified atom stereocenters. The molecule has 1 aliphatic heterocycles. The number of likely N-dealkylation sites (tertiary alicyclic amines) is 1. The van der Waals surface area contributed by atoms with E-state index in [0.29, 0.717) is 29.5 Å². The average Bonchev–Trinajstić information content (AvgIpc) is 2.52. The first-order valence-electron chi connectivity index (χ1n) is 7.98. The van der Waals surface area contributed by atoms with Crippen molar-refractivity contribution < 1.29 is 19.1 Å². The molecule has 0 aliphatic carbocycles. The quantitative estimate of drug-likeness (QED) is 0.611. The summed E-state index contributed by atoms with van der Waals surface area (Å²) in [5, 5.41) is 0.318. The topological polar surface area (TPSA) is 68.7 Å². The highest BCUT2D eigenvalue weighted by molar-refractivity contribution is 6.29. The second-order valence-corrected chi connectivity index (χ2v) is 7.18. The fourth-order valence-electron chi connectivity index (χ4n) is 2.47. The fourth-order valence-corrected chi connectivity index (χ4v) is 2.64. The predicted octanol–water partition coefficient (Wildman–Crippen LogP) is 3.46. The van der Waals surface area contributed by atoms with Crippen LogP contribution in [-0.2, 0) is 16.1 Å². The van der Waals surface area contributed by atoms with Crippen molar-refractivity contribution in [3.05, 3.63) is 28.5 Å². The monoisotopic (exact) mass is 354 g/mol. The molecule has 7 heteroatoms. The third-order valence-electron chi connectivity index (χ3n) is 3.59. The Labute approximate surface area is 147 Å². The third kappa shape index (κ3) is 5.46. The summed E-state index contributed by atoms with van der Waals surface area (Å²) >= 11 is 5.87. The minimum absolute atomic E-state index is 0.119. The molecule has 0 radical (unpaired) electrons. The molecule has 1 aliphatic rings. The van der Waals surface area contributed by atoms with Crippen LogP contribution in [0.3, 0.4) is 0 Å². The van der Waals surface area contributed by atoms with Crippen molar-refractivity contribution in [3.63, 3.8) is 0 Å². The van der Waals surface area contributed by atoms with Gasteiger partial charge in [-0.05, 0) is 45.7 Å². The van der Waals surface area contributed by atoms with Gasteiger partial charge in [-0.25, -0.2) is 9.78 Å². The molecular weight excluding hydrogens is 332 g/mol. The van der Waals surface area contributed by atoms with Gasteiger partial charge < -0.3 is 14.4 Å². The third-order valence-corrected chi connectivity index (χ3v) is 3.80. The van der Waals surface area contributed by atoms with E-state index in [4.69, 9.17) is 21.1 Å². The van der Waals surface area contributed by atoms with Gasteiger partial charge in [0.1, 0.15) is 10.8 Å². The van der Waals surface area contributed by atoms with Gasteiger partial charge in [-0.2, -0.15) is 0 Å². The molecule has 0 N–H and O–H groups in total. The van der Waals surface area contributed by atoms with Crippen LogP contribution in [0.4, 0.5) is 4.79 Å². The Morgan fingerprint density at radius 3 is 2.88 bits per heavy atom. The second kappa shape index (κ2) is 7.94. The van der Waals surface area contributed by atoms with Crippen molar-refractivity contribution >= 4 is 24.0 Å². The maximum Gasteiger partial charge on any atom is 0.410 e. The summed E-state index contributed by atoms with van der Waals surface area (Å²) in [4.78, 5) is 29.0. The van der Waals surface area contributed by atoms with Crippen molar-refractivity contribution in [3.8, 4) is 0 Å². The van der Waals surface area contributed by atoms with E-state index >= 15 is 0 Å². The number of piperidine rings is 1. The summed E-state index contributed by atoms with van der Waals surface area (Å²) < 4.78 is 11.2. The molecular formula is C17H23ClN2O4. The van der Waals surface area contributed by atoms with Gasteiger partial charge in [0.05, 0.1) is 24.9 Å². The van der Waals surface area contributed by atoms with Crippen LogP contribution in [0.2, 0.25) is 5.15 Å². The highest BCUT2D eigenvalue weighted by atomic mass is 35.5. The van der Waals surface area contributed by atoms with Crippen LogP contribution in [0.5, 0.6) is 0 Å². The summed E-state index contributed by atoms with van der Waals surface area (Å²) in [5.74, 6) is 0. The lowest BCUT2D eigenvalue weighted by atomic mass is 10.1. The number of halogens is 1. The Balaban J connectivity index is 1.93. The van der Waals surface area contributed by atoms with E-state index in [9.17, 15) is 9.59 Å². The molecule has 1 amide bonds. The van der Waals surface area contributed by atoms with Crippen molar-refractivity contribution in [1.29, 1.82) is 0 Å². The highest BCUT2D eigenvalue weighted by Gasteiger charge is 2.28. The Kier molecular flexibility index (Phi) is 6.18. The Morgan fingerprint density at radius 2 is 2.21 bits per heavy atom. The molecule has 1 atom stereocenters. The van der Waals surface area contributed by atoms with E-state index in [2.05, 4.69) is 4.98 Å². The number of hydrogen-bond acceptors (Lipinski definition) is 5. The van der Waals surface area contributed by atoms with Crippen molar-refractivity contribution in [2.75, 3.05) is 13.1 Å². The first-order chi connectivity index (χ1) is 11.3. The molecule has 1 aromatic heterocycles. The lowest BCUT2D eigenvalue weighted by molar-refractivity contribution is -0.0266. The van der Waals surface area contributed by atoms with Gasteiger partial charge in [0.15, 0.2) is 6.29 Å². The minimum atomic E-state index is -0.519. The van der Waals surface area contributed by atoms with Crippen molar-refractivity contribution in [2.45, 2.75) is 51.9 Å². The van der Waals surface area contributed by atoms with Crippen LogP contribution in [0.15, 0.2) is 12.1 Å². The molecule has 132 valence electrons. The van der Waals surface area contributed by atoms with Gasteiger partial charge in [0.25, 0.3) is 0 Å². The number of carbonyl (C=O) groups excluding carboxylic acids is 2. The summed E-state index contributed by atoms with van der Waals surface area (Å²) in [6.45, 7) is 6.83. The first-order valence-corrected chi connectivity index (χ1v) is 8.36. The van der Waals surface area contributed by atoms with Crippen molar-refractivity contribution in [2.24, 2.45) is 0 Å². The summed E-state index contributed by atoms with van der Waals surface area (Å²) in [5.41, 5.74) is 0.445. The molecule has 0 aromatic carbocycles. The maximum absolute atomic E-state index is 12.2. The zero-order chi connectivity index (χ0) is 17.7. The number of ether oxygens (including phenoxy) is 2. The smallest absolute Gasteiger partial charge is 0.410 e. The van der Waals surface area contributed by atoms with Gasteiger partial charge in [0.2, 0.25) is 0 Å². The van der Waals surface area contributed by atoms with Crippen LogP contribution in [0.25, 0.3) is 0 Å². The standard InChI is InChI=1S/C17H23ClN2O4/c1-17(2,3)24-16(22)20-8-4-5-13(9-20)23-11-14-12(10-21)6-7-15(18)19-14/h6-7,10,13H,4-5,8-9,11H2,1-3H3/t13-/m0/s1. The first kappa shape index (κ1) is 18.7. The molecule has 0 bridgehead atoms. The number of aldehydes is 1. The van der Waals surface area contributed by atoms with Gasteiger partial charge >= 0.3 is 6.09 Å². The lowest BCUT2D eigenvalue weighted by Gasteiger charge is -2.34. The van der Waals surface area contributed by atoms with Crippen LogP contribution >= 0.6 is 11.6 Å². The molecule has 1 aromatic rings. The summed E-state index contributed by atoms with van der Waals surface area (Å²) in [6, 6.07) is 3.19. The number of hydrogen-bond donors (Lipinski definition) is 0. The van der Waals surface area contributed by atoms with Gasteiger partial charge in [-0.1, -0.05) is 11.6 Å². The van der Waals surface area contributed by atoms with Crippen LogP contribution in [0.1, 0.15) is 49.7 Å². The van der Waals surface area contributed by atoms with E-state index in [1.165, 1.54) is 0 Å². The highest BCUT2D eigenvalue weighted by Crippen LogP contribution is 2.19. The molecule has 2 rings (SSSR count). The summed E-state index contributed by atoms with van der Waals surface area (Å²) in [7, 11) is 0. The largest absolute Gasteiger partial charge is 0.444 e. The second-order valence-electron chi connectivity index (χ2n) is 6.79. The minimum Gasteiger partial charge on any atom is -0.444 e. The molecule has 6 nitrogen and oxygen atoms in total. The Morgan fingerprint density at radius 1 is 1.46 bits per heavy atom. The zero-order valence-electron chi connectivity index (χ0n) is 14.3. The SMILES string of the molecule is CC(C)(C)OC(=O)N1CCC[C@H](OCc2nc(Cl)ccc2C=O)C1. The van der Waals surface area contributed by atoms with Gasteiger partial charge in [0, 0.05) is 12.1 Å². The Hall–Kier alpha value is -1.66. The zero-order valence-corrected chi connectivity index (χ0v) is 15.0. The Bertz CT molecular complexity index is 601. The van der Waals surface area contributed by atoms with E-state index in [0.717, 1.165) is 19.1 Å². The van der Waals surface area contributed by atoms with E-state index in [1.807, 2.05) is 20.8 Å². The van der Waals surface area contributed by atoms with Crippen molar-refractivity contribution in [1.82, 2.24) is 9.88 Å². The number of amides is 1. The van der Waals surface area contributed by atoms with Crippen LogP contribution in [-0.4, -0.2) is 47.1 Å². The summed E-state index contributed by atoms with van der Waals surface area (Å²) in [6.07, 6.45) is 1.97. The number of carbonyl (C=O) groups is 2. The van der Waals surface area contributed by atoms with Gasteiger partial charge in [-0.15, -0.1) is 0 Å². The van der Waals surface area contributed by atoms with E-state index in [1.54, 1.807) is 17.0 Å². The van der Waals surface area contributed by atoms with Crippen LogP contribution < -0.4 is 0 Å². The van der Waals surface area contributed by atoms with Crippen LogP contribution in [0, 0.1) is 0 Å². The van der Waals surface area contributed by atoms with E-state index in [-0.39, 0.29) is 18.8 Å². The molecule has 0 saturated carbocycles. The number of aromatic nitrogens is 1. The van der Waals surface area contributed by atoms with Gasteiger partial charge in [-0.3, -0.25) is 4.79 Å². The average molecular weight is 355 g/mol. The number of nitrogens with zero attached hydrogens (tertiary/aromatic N) is 2. The normalized spacial score (nSPS) is 18.3. The fraction of sp³-hybridized carbons (Fsp3) is 0.588. The molecule has 0 spiro atoms. The number of rotatable bonds is 4. The number of pyridine rings is 1. The maximum atomic E-state index is 12.2. The lowest BCUT2D eigenvalue weighted by Crippen LogP contribution is -2.45.